The van der Waals surface area contributed by atoms with Crippen molar-refractivity contribution in [2.75, 3.05) is 20.1 Å². The highest BCUT2D eigenvalue weighted by Gasteiger charge is 2.24. The van der Waals surface area contributed by atoms with E-state index in [0.717, 1.165) is 45.2 Å². The van der Waals surface area contributed by atoms with Crippen molar-refractivity contribution in [3.05, 3.63) is 35.9 Å². The lowest BCUT2D eigenvalue weighted by Crippen LogP contribution is -2.31. The molecule has 1 aliphatic rings. The summed E-state index contributed by atoms with van der Waals surface area (Å²) in [6.07, 6.45) is 5.47. The second kappa shape index (κ2) is 9.65. The normalized spacial score (nSPS) is 21.0. The summed E-state index contributed by atoms with van der Waals surface area (Å²) in [6, 6.07) is 11.5. The van der Waals surface area contributed by atoms with Gasteiger partial charge in [-0.05, 0) is 57.8 Å². The van der Waals surface area contributed by atoms with Gasteiger partial charge in [0.25, 0.3) is 0 Å². The van der Waals surface area contributed by atoms with Crippen LogP contribution in [0.15, 0.2) is 30.3 Å². The van der Waals surface area contributed by atoms with Crippen LogP contribution in [0, 0.1) is 0 Å². The van der Waals surface area contributed by atoms with E-state index in [1.807, 2.05) is 0 Å². The second-order valence-electron chi connectivity index (χ2n) is 6.48. The fourth-order valence-corrected chi connectivity index (χ4v) is 3.09. The number of benzene rings is 1. The molecule has 128 valence electrons. The van der Waals surface area contributed by atoms with Gasteiger partial charge in [-0.25, -0.2) is 0 Å². The van der Waals surface area contributed by atoms with Gasteiger partial charge in [0, 0.05) is 18.5 Å². The molecule has 1 heterocycles. The van der Waals surface area contributed by atoms with Crippen molar-refractivity contribution in [2.45, 2.75) is 50.6 Å². The minimum Gasteiger partial charge on any atom is -0.481 e. The fourth-order valence-electron chi connectivity index (χ4n) is 3.09. The summed E-state index contributed by atoms with van der Waals surface area (Å²) in [5, 5.41) is 8.62. The van der Waals surface area contributed by atoms with Gasteiger partial charge in [0.05, 0.1) is 0 Å². The Morgan fingerprint density at radius 2 is 1.91 bits per heavy atom. The molecule has 1 aliphatic heterocycles. The second-order valence-corrected chi connectivity index (χ2v) is 6.48. The molecule has 1 fully saturated rings. The highest BCUT2D eigenvalue weighted by molar-refractivity contribution is 5.66. The van der Waals surface area contributed by atoms with E-state index in [9.17, 15) is 4.79 Å². The number of unbranched alkanes of at least 4 members (excludes halogenated alkanes) is 1. The van der Waals surface area contributed by atoms with Crippen LogP contribution in [0.2, 0.25) is 0 Å². The van der Waals surface area contributed by atoms with E-state index < -0.39 is 5.97 Å². The zero-order valence-electron chi connectivity index (χ0n) is 14.0. The molecule has 0 radical (unpaired) electrons. The number of nitrogens with zero attached hydrogens (tertiary/aromatic N) is 1. The van der Waals surface area contributed by atoms with E-state index >= 15 is 0 Å². The number of aliphatic carboxylic acids is 1. The van der Waals surface area contributed by atoms with E-state index in [1.165, 1.54) is 5.56 Å². The first-order valence-electron chi connectivity index (χ1n) is 8.61. The molecule has 1 aromatic carbocycles. The molecule has 2 atom stereocenters. The van der Waals surface area contributed by atoms with Crippen LogP contribution < -0.4 is 10.9 Å². The van der Waals surface area contributed by atoms with Crippen LogP contribution in [-0.4, -0.2) is 42.2 Å². The van der Waals surface area contributed by atoms with Crippen molar-refractivity contribution in [1.29, 1.82) is 0 Å². The van der Waals surface area contributed by atoms with Crippen LogP contribution in [0.25, 0.3) is 0 Å². The third kappa shape index (κ3) is 6.69. The van der Waals surface area contributed by atoms with Gasteiger partial charge in [-0.3, -0.25) is 15.6 Å². The quantitative estimate of drug-likeness (QED) is 0.579. The Hall–Kier alpha value is -1.43. The van der Waals surface area contributed by atoms with Crippen LogP contribution in [-0.2, 0) is 4.79 Å². The smallest absolute Gasteiger partial charge is 0.303 e. The maximum atomic E-state index is 10.5. The molecular weight excluding hydrogens is 290 g/mol. The molecule has 5 nitrogen and oxygen atoms in total. The summed E-state index contributed by atoms with van der Waals surface area (Å²) >= 11 is 0. The Bertz CT molecular complexity index is 467. The standard InChI is InChI=1S/C18H29N3O2/c1-21(12-6-5-11-18(22)23)13-7-10-16-14-17(20-19-16)15-8-3-2-4-9-15/h2-4,8-9,16-17,19-20H,5-7,10-14H2,1H3,(H,22,23). The Labute approximate surface area is 139 Å². The molecule has 3 N–H and O–H groups in total. The first-order chi connectivity index (χ1) is 11.1. The van der Waals surface area contributed by atoms with Gasteiger partial charge in [0.15, 0.2) is 0 Å². The molecule has 2 rings (SSSR count). The van der Waals surface area contributed by atoms with E-state index in [-0.39, 0.29) is 6.42 Å². The summed E-state index contributed by atoms with van der Waals surface area (Å²) in [5.41, 5.74) is 8.15. The molecule has 0 amide bonds. The third-order valence-electron chi connectivity index (χ3n) is 4.46. The molecule has 5 heteroatoms. The maximum Gasteiger partial charge on any atom is 0.303 e. The molecule has 23 heavy (non-hydrogen) atoms. The summed E-state index contributed by atoms with van der Waals surface area (Å²) < 4.78 is 0. The zero-order chi connectivity index (χ0) is 16.5. The molecule has 2 unspecified atom stereocenters. The number of hydrazine groups is 1. The van der Waals surface area contributed by atoms with Gasteiger partial charge in [0.1, 0.15) is 0 Å². The highest BCUT2D eigenvalue weighted by Crippen LogP contribution is 2.23. The molecule has 0 bridgehead atoms. The Balaban J connectivity index is 1.56. The van der Waals surface area contributed by atoms with Crippen molar-refractivity contribution in [2.24, 2.45) is 0 Å². The van der Waals surface area contributed by atoms with Gasteiger partial charge in [-0.2, -0.15) is 0 Å². The maximum absolute atomic E-state index is 10.5. The van der Waals surface area contributed by atoms with E-state index in [2.05, 4.69) is 53.1 Å². The number of hydrogen-bond acceptors (Lipinski definition) is 4. The van der Waals surface area contributed by atoms with Gasteiger partial charge in [-0.15, -0.1) is 0 Å². The van der Waals surface area contributed by atoms with Crippen molar-refractivity contribution >= 4 is 5.97 Å². The van der Waals surface area contributed by atoms with Crippen LogP contribution >= 0.6 is 0 Å². The predicted molar refractivity (Wildman–Crippen MR) is 92.1 cm³/mol. The minimum atomic E-state index is -0.694. The fraction of sp³-hybridized carbons (Fsp3) is 0.611. The summed E-state index contributed by atoms with van der Waals surface area (Å²) in [7, 11) is 2.12. The lowest BCUT2D eigenvalue weighted by Gasteiger charge is -2.17. The molecule has 0 spiro atoms. The number of nitrogens with one attached hydrogen (secondary N) is 2. The van der Waals surface area contributed by atoms with E-state index in [0.29, 0.717) is 12.1 Å². The number of hydrogen-bond donors (Lipinski definition) is 3. The number of carboxylic acid groups (broad SMARTS) is 1. The number of carboxylic acids is 1. The largest absolute Gasteiger partial charge is 0.481 e. The van der Waals surface area contributed by atoms with Gasteiger partial charge in [-0.1, -0.05) is 30.3 Å². The lowest BCUT2D eigenvalue weighted by molar-refractivity contribution is -0.137. The van der Waals surface area contributed by atoms with Crippen molar-refractivity contribution in [1.82, 2.24) is 15.8 Å². The van der Waals surface area contributed by atoms with Gasteiger partial charge < -0.3 is 10.0 Å². The molecule has 1 aromatic rings. The zero-order valence-corrected chi connectivity index (χ0v) is 14.0. The molecular formula is C18H29N3O2. The Kier molecular flexibility index (Phi) is 7.52. The average Bonchev–Trinajstić information content (AvgIpc) is 3.01. The first-order valence-corrected chi connectivity index (χ1v) is 8.61. The Morgan fingerprint density at radius 3 is 2.65 bits per heavy atom. The highest BCUT2D eigenvalue weighted by atomic mass is 16.4. The van der Waals surface area contributed by atoms with E-state index in [1.54, 1.807) is 0 Å². The van der Waals surface area contributed by atoms with Crippen molar-refractivity contribution in [3.8, 4) is 0 Å². The van der Waals surface area contributed by atoms with Crippen LogP contribution in [0.5, 0.6) is 0 Å². The monoisotopic (exact) mass is 319 g/mol. The summed E-state index contributed by atoms with van der Waals surface area (Å²) in [4.78, 5) is 12.8. The minimum absolute atomic E-state index is 0.284. The first kappa shape index (κ1) is 17.9. The van der Waals surface area contributed by atoms with Crippen molar-refractivity contribution < 1.29 is 9.90 Å². The molecule has 1 saturated heterocycles. The number of carbonyl (C=O) groups is 1. The molecule has 0 aromatic heterocycles. The lowest BCUT2D eigenvalue weighted by atomic mass is 10.00. The number of rotatable bonds is 10. The molecule has 0 saturated carbocycles. The van der Waals surface area contributed by atoms with Crippen LogP contribution in [0.1, 0.15) is 50.1 Å². The Morgan fingerprint density at radius 1 is 1.17 bits per heavy atom. The predicted octanol–water partition coefficient (Wildman–Crippen LogP) is 2.56. The van der Waals surface area contributed by atoms with Crippen LogP contribution in [0.3, 0.4) is 0 Å². The van der Waals surface area contributed by atoms with E-state index in [4.69, 9.17) is 5.11 Å². The van der Waals surface area contributed by atoms with Gasteiger partial charge >= 0.3 is 5.97 Å². The van der Waals surface area contributed by atoms with Crippen LogP contribution in [0.4, 0.5) is 0 Å². The topological polar surface area (TPSA) is 64.6 Å². The summed E-state index contributed by atoms with van der Waals surface area (Å²) in [5.74, 6) is -0.694. The molecule has 0 aliphatic carbocycles. The average molecular weight is 319 g/mol. The van der Waals surface area contributed by atoms with Crippen molar-refractivity contribution in [3.63, 3.8) is 0 Å². The van der Waals surface area contributed by atoms with Gasteiger partial charge in [0.2, 0.25) is 0 Å². The summed E-state index contributed by atoms with van der Waals surface area (Å²) in [6.45, 7) is 2.05. The third-order valence-corrected chi connectivity index (χ3v) is 4.46. The SMILES string of the molecule is CN(CCCCC(=O)O)CCCC1CC(c2ccccc2)NN1.